The molecule has 2 heterocycles. The van der Waals surface area contributed by atoms with Crippen LogP contribution < -0.4 is 5.32 Å². The number of nitrogens with one attached hydrogen (secondary N) is 1. The van der Waals surface area contributed by atoms with Crippen molar-refractivity contribution in [3.63, 3.8) is 0 Å². The van der Waals surface area contributed by atoms with Crippen LogP contribution in [0.2, 0.25) is 0 Å². The maximum absolute atomic E-state index is 11.9. The molecule has 0 aliphatic carbocycles. The highest BCUT2D eigenvalue weighted by Crippen LogP contribution is 2.25. The fraction of sp³-hybridized carbons (Fsp3) is 0.833. The Bertz CT molecular complexity index is 422. The van der Waals surface area contributed by atoms with Gasteiger partial charge in [0, 0.05) is 6.42 Å². The lowest BCUT2D eigenvalue weighted by atomic mass is 9.94. The standard InChI is InChI=1S/C12H18F3N3O2/c1-8-2-4-16-9(6-8)11-17-10(18-20-11)3-5-19-7-12(13,14)15/h8-9,16H,2-7H2,1H3. The molecule has 1 fully saturated rings. The molecule has 1 aromatic heterocycles. The van der Waals surface area contributed by atoms with E-state index in [1.165, 1.54) is 0 Å². The van der Waals surface area contributed by atoms with E-state index in [1.54, 1.807) is 0 Å². The van der Waals surface area contributed by atoms with Crippen LogP contribution in [0, 0.1) is 5.92 Å². The molecule has 8 heteroatoms. The first-order valence-electron chi connectivity index (χ1n) is 6.64. The zero-order valence-corrected chi connectivity index (χ0v) is 11.2. The predicted octanol–water partition coefficient (Wildman–Crippen LogP) is 2.25. The summed E-state index contributed by atoms with van der Waals surface area (Å²) >= 11 is 0. The topological polar surface area (TPSA) is 60.2 Å². The third-order valence-corrected chi connectivity index (χ3v) is 3.18. The number of piperidine rings is 1. The molecule has 0 radical (unpaired) electrons. The minimum atomic E-state index is -4.30. The summed E-state index contributed by atoms with van der Waals surface area (Å²) in [4.78, 5) is 4.20. The van der Waals surface area contributed by atoms with Gasteiger partial charge in [-0.1, -0.05) is 12.1 Å². The Morgan fingerprint density at radius 2 is 2.25 bits per heavy atom. The van der Waals surface area contributed by atoms with E-state index in [9.17, 15) is 13.2 Å². The number of ether oxygens (including phenoxy) is 1. The number of halogens is 3. The van der Waals surface area contributed by atoms with Crippen LogP contribution in [0.1, 0.15) is 37.5 Å². The molecule has 20 heavy (non-hydrogen) atoms. The highest BCUT2D eigenvalue weighted by atomic mass is 19.4. The van der Waals surface area contributed by atoms with Gasteiger partial charge >= 0.3 is 6.18 Å². The highest BCUT2D eigenvalue weighted by Gasteiger charge is 2.27. The van der Waals surface area contributed by atoms with Gasteiger partial charge in [-0.15, -0.1) is 0 Å². The van der Waals surface area contributed by atoms with E-state index >= 15 is 0 Å². The van der Waals surface area contributed by atoms with Crippen LogP contribution in [0.15, 0.2) is 4.52 Å². The number of hydrogen-bond donors (Lipinski definition) is 1. The maximum Gasteiger partial charge on any atom is 0.411 e. The SMILES string of the molecule is CC1CCNC(c2nc(CCOCC(F)(F)F)no2)C1. The van der Waals surface area contributed by atoms with Crippen LogP contribution in [0.5, 0.6) is 0 Å². The lowest BCUT2D eigenvalue weighted by Gasteiger charge is -2.25. The predicted molar refractivity (Wildman–Crippen MR) is 64.0 cm³/mol. The lowest BCUT2D eigenvalue weighted by Crippen LogP contribution is -2.30. The summed E-state index contributed by atoms with van der Waals surface area (Å²) < 4.78 is 45.3. The number of alkyl halides is 3. The van der Waals surface area contributed by atoms with E-state index in [0.717, 1.165) is 19.4 Å². The quantitative estimate of drug-likeness (QED) is 0.844. The summed E-state index contributed by atoms with van der Waals surface area (Å²) in [6.45, 7) is 1.74. The first-order valence-corrected chi connectivity index (χ1v) is 6.64. The second-order valence-corrected chi connectivity index (χ2v) is 5.10. The maximum atomic E-state index is 11.9. The van der Waals surface area contributed by atoms with Crippen LogP contribution in [0.25, 0.3) is 0 Å². The Morgan fingerprint density at radius 1 is 1.45 bits per heavy atom. The van der Waals surface area contributed by atoms with Gasteiger partial charge in [0.25, 0.3) is 0 Å². The van der Waals surface area contributed by atoms with Crippen LogP contribution >= 0.6 is 0 Å². The summed E-state index contributed by atoms with van der Waals surface area (Å²) in [6, 6.07) is 0.0380. The molecular formula is C12H18F3N3O2. The molecule has 114 valence electrons. The summed E-state index contributed by atoms with van der Waals surface area (Å²) in [5.74, 6) is 1.47. The van der Waals surface area contributed by atoms with Gasteiger partial charge in [0.15, 0.2) is 5.82 Å². The molecule has 2 rings (SSSR count). The molecule has 0 saturated carbocycles. The Morgan fingerprint density at radius 3 is 2.95 bits per heavy atom. The van der Waals surface area contributed by atoms with E-state index in [1.807, 2.05) is 0 Å². The van der Waals surface area contributed by atoms with Crippen molar-refractivity contribution in [3.05, 3.63) is 11.7 Å². The van der Waals surface area contributed by atoms with Gasteiger partial charge in [0.2, 0.25) is 5.89 Å². The van der Waals surface area contributed by atoms with E-state index in [-0.39, 0.29) is 19.1 Å². The molecule has 2 unspecified atom stereocenters. The van der Waals surface area contributed by atoms with Crippen molar-refractivity contribution < 1.29 is 22.4 Å². The lowest BCUT2D eigenvalue weighted by molar-refractivity contribution is -0.173. The van der Waals surface area contributed by atoms with Crippen LogP contribution in [0.4, 0.5) is 13.2 Å². The zero-order chi connectivity index (χ0) is 14.6. The van der Waals surface area contributed by atoms with Crippen molar-refractivity contribution in [1.29, 1.82) is 0 Å². The third-order valence-electron chi connectivity index (χ3n) is 3.18. The molecule has 1 aliphatic heterocycles. The van der Waals surface area contributed by atoms with Gasteiger partial charge in [-0.05, 0) is 25.3 Å². The normalized spacial score (nSPS) is 24.0. The molecule has 1 saturated heterocycles. The Hall–Kier alpha value is -1.15. The summed E-state index contributed by atoms with van der Waals surface area (Å²) in [6.07, 6.45) is -2.05. The molecular weight excluding hydrogens is 275 g/mol. The van der Waals surface area contributed by atoms with E-state index in [0.29, 0.717) is 17.6 Å². The average molecular weight is 293 g/mol. The minimum absolute atomic E-state index is 0.0380. The average Bonchev–Trinajstić information content (AvgIpc) is 2.82. The monoisotopic (exact) mass is 293 g/mol. The number of nitrogens with zero attached hydrogens (tertiary/aromatic N) is 2. The second kappa shape index (κ2) is 6.53. The molecule has 0 aromatic carbocycles. The van der Waals surface area contributed by atoms with Crippen molar-refractivity contribution >= 4 is 0 Å². The summed E-state index contributed by atoms with van der Waals surface area (Å²) in [7, 11) is 0. The fourth-order valence-corrected chi connectivity index (χ4v) is 2.16. The summed E-state index contributed by atoms with van der Waals surface area (Å²) in [5.41, 5.74) is 0. The van der Waals surface area contributed by atoms with Crippen LogP contribution in [-0.4, -0.2) is 36.1 Å². The molecule has 1 N–H and O–H groups in total. The van der Waals surface area contributed by atoms with Gasteiger partial charge < -0.3 is 14.6 Å². The highest BCUT2D eigenvalue weighted by molar-refractivity contribution is 4.95. The minimum Gasteiger partial charge on any atom is -0.372 e. The van der Waals surface area contributed by atoms with E-state index in [2.05, 4.69) is 27.1 Å². The molecule has 0 bridgehead atoms. The second-order valence-electron chi connectivity index (χ2n) is 5.10. The van der Waals surface area contributed by atoms with Crippen molar-refractivity contribution in [2.75, 3.05) is 19.8 Å². The van der Waals surface area contributed by atoms with Gasteiger partial charge in [0.1, 0.15) is 6.61 Å². The molecule has 0 spiro atoms. The number of hydrogen-bond acceptors (Lipinski definition) is 5. The van der Waals surface area contributed by atoms with E-state index < -0.39 is 12.8 Å². The fourth-order valence-electron chi connectivity index (χ4n) is 2.16. The molecule has 1 aliphatic rings. The zero-order valence-electron chi connectivity index (χ0n) is 11.2. The van der Waals surface area contributed by atoms with E-state index in [4.69, 9.17) is 4.52 Å². The Kier molecular flexibility index (Phi) is 4.98. The van der Waals surface area contributed by atoms with Crippen molar-refractivity contribution in [3.8, 4) is 0 Å². The Labute approximate surface area is 114 Å². The first kappa shape index (κ1) is 15.2. The Balaban J connectivity index is 1.77. The number of aromatic nitrogens is 2. The molecule has 1 aromatic rings. The summed E-state index contributed by atoms with van der Waals surface area (Å²) in [5, 5.41) is 7.05. The van der Waals surface area contributed by atoms with Gasteiger partial charge in [-0.25, -0.2) is 0 Å². The van der Waals surface area contributed by atoms with Crippen molar-refractivity contribution in [2.45, 2.75) is 38.4 Å². The van der Waals surface area contributed by atoms with Crippen molar-refractivity contribution in [2.24, 2.45) is 5.92 Å². The third kappa shape index (κ3) is 4.75. The van der Waals surface area contributed by atoms with Gasteiger partial charge in [0.05, 0.1) is 12.6 Å². The smallest absolute Gasteiger partial charge is 0.372 e. The molecule has 2 atom stereocenters. The first-order chi connectivity index (χ1) is 9.44. The molecule has 5 nitrogen and oxygen atoms in total. The van der Waals surface area contributed by atoms with Crippen LogP contribution in [-0.2, 0) is 11.2 Å². The van der Waals surface area contributed by atoms with Crippen molar-refractivity contribution in [1.82, 2.24) is 15.5 Å². The van der Waals surface area contributed by atoms with Crippen LogP contribution in [0.3, 0.4) is 0 Å². The van der Waals surface area contributed by atoms with Gasteiger partial charge in [-0.3, -0.25) is 0 Å². The van der Waals surface area contributed by atoms with Gasteiger partial charge in [-0.2, -0.15) is 18.2 Å². The number of rotatable bonds is 5. The molecule has 0 amide bonds. The largest absolute Gasteiger partial charge is 0.411 e.